The molecule has 3 rings (SSSR count). The van der Waals surface area contributed by atoms with Crippen molar-refractivity contribution >= 4 is 15.7 Å². The van der Waals surface area contributed by atoms with Gasteiger partial charge >= 0.3 is 0 Å². The van der Waals surface area contributed by atoms with Gasteiger partial charge in [0.2, 0.25) is 5.89 Å². The lowest BCUT2D eigenvalue weighted by molar-refractivity contribution is 0.386. The van der Waals surface area contributed by atoms with Crippen LogP contribution in [0, 0.1) is 19.7 Å². The van der Waals surface area contributed by atoms with Crippen LogP contribution < -0.4 is 9.46 Å². The van der Waals surface area contributed by atoms with Crippen molar-refractivity contribution in [1.82, 2.24) is 14.8 Å². The molecule has 0 spiro atoms. The van der Waals surface area contributed by atoms with Crippen LogP contribution in [-0.4, -0.2) is 30.3 Å². The van der Waals surface area contributed by atoms with Crippen LogP contribution in [0.1, 0.15) is 31.0 Å². The molecule has 2 heterocycles. The van der Waals surface area contributed by atoms with Gasteiger partial charge in [-0.25, -0.2) is 12.8 Å². The quantitative estimate of drug-likeness (QED) is 0.623. The fourth-order valence-electron chi connectivity index (χ4n) is 3.37. The van der Waals surface area contributed by atoms with E-state index in [9.17, 15) is 12.8 Å². The van der Waals surface area contributed by atoms with Crippen molar-refractivity contribution in [2.24, 2.45) is 0 Å². The molecule has 0 amide bonds. The molecule has 1 N–H and O–H groups in total. The van der Waals surface area contributed by atoms with Gasteiger partial charge in [-0.3, -0.25) is 4.72 Å². The summed E-state index contributed by atoms with van der Waals surface area (Å²) in [7, 11) is -2.66. The van der Waals surface area contributed by atoms with Gasteiger partial charge in [0.05, 0.1) is 12.8 Å². The number of nitrogens with one attached hydrogen (secondary N) is 1. The molecule has 0 saturated heterocycles. The summed E-state index contributed by atoms with van der Waals surface area (Å²) in [5.41, 5.74) is 1.66. The summed E-state index contributed by atoms with van der Waals surface area (Å²) in [6.07, 6.45) is 0.577. The molecule has 0 bridgehead atoms. The highest BCUT2D eigenvalue weighted by Gasteiger charge is 2.29. The van der Waals surface area contributed by atoms with Crippen LogP contribution in [0.3, 0.4) is 0 Å². The van der Waals surface area contributed by atoms with Crippen LogP contribution in [0.5, 0.6) is 5.75 Å². The number of ether oxygens (including phenoxy) is 1. The highest BCUT2D eigenvalue weighted by molar-refractivity contribution is 7.92. The standard InChI is InChI=1S/C19H23FN4O4S/c1-6-16-21-22-19(28-16)17-11(3)18(12(4)24(17)7-2)29(25,26)23-13-8-9-15(27-5)14(20)10-13/h8-10,23H,6-7H2,1-5H3. The summed E-state index contributed by atoms with van der Waals surface area (Å²) in [5.74, 6) is 0.104. The summed E-state index contributed by atoms with van der Waals surface area (Å²) in [6, 6.07) is 3.87. The average molecular weight is 422 g/mol. The molecule has 0 aliphatic rings. The smallest absolute Gasteiger partial charge is 0.264 e. The fraction of sp³-hybridized carbons (Fsp3) is 0.368. The Morgan fingerprint density at radius 1 is 1.24 bits per heavy atom. The highest BCUT2D eigenvalue weighted by atomic mass is 32.2. The van der Waals surface area contributed by atoms with Crippen molar-refractivity contribution in [3.05, 3.63) is 41.2 Å². The first-order valence-corrected chi connectivity index (χ1v) is 10.6. The van der Waals surface area contributed by atoms with E-state index in [4.69, 9.17) is 9.15 Å². The minimum atomic E-state index is -4.00. The van der Waals surface area contributed by atoms with Gasteiger partial charge in [0.1, 0.15) is 10.6 Å². The second-order valence-corrected chi connectivity index (χ2v) is 8.06. The van der Waals surface area contributed by atoms with Gasteiger partial charge in [-0.15, -0.1) is 10.2 Å². The van der Waals surface area contributed by atoms with Crippen LogP contribution >= 0.6 is 0 Å². The molecule has 0 aliphatic carbocycles. The Bertz CT molecular complexity index is 1150. The van der Waals surface area contributed by atoms with E-state index in [0.717, 1.165) is 6.07 Å². The van der Waals surface area contributed by atoms with Crippen LogP contribution in [0.2, 0.25) is 0 Å². The van der Waals surface area contributed by atoms with Crippen molar-refractivity contribution in [3.8, 4) is 17.3 Å². The lowest BCUT2D eigenvalue weighted by Crippen LogP contribution is -2.15. The molecule has 3 aromatic rings. The normalized spacial score (nSPS) is 11.7. The Labute approximate surface area is 168 Å². The molecule has 29 heavy (non-hydrogen) atoms. The summed E-state index contributed by atoms with van der Waals surface area (Å²) in [6.45, 7) is 7.70. The SMILES string of the molecule is CCc1nnc(-c2c(C)c(S(=O)(=O)Nc3ccc(OC)c(F)c3)c(C)n2CC)o1. The average Bonchev–Trinajstić information content (AvgIpc) is 3.23. The van der Waals surface area contributed by atoms with Crippen molar-refractivity contribution < 1.29 is 22.0 Å². The maximum Gasteiger partial charge on any atom is 0.264 e. The predicted molar refractivity (Wildman–Crippen MR) is 106 cm³/mol. The molecule has 8 nitrogen and oxygen atoms in total. The Morgan fingerprint density at radius 2 is 1.97 bits per heavy atom. The van der Waals surface area contributed by atoms with Crippen molar-refractivity contribution in [1.29, 1.82) is 0 Å². The van der Waals surface area contributed by atoms with Crippen molar-refractivity contribution in [2.75, 3.05) is 11.8 Å². The zero-order valence-electron chi connectivity index (χ0n) is 16.9. The first-order chi connectivity index (χ1) is 13.7. The number of hydrogen-bond acceptors (Lipinski definition) is 6. The van der Waals surface area contributed by atoms with E-state index in [1.165, 1.54) is 19.2 Å². The second kappa shape index (κ2) is 7.86. The van der Waals surface area contributed by atoms with E-state index in [1.807, 2.05) is 18.4 Å². The molecule has 0 unspecified atom stereocenters. The minimum Gasteiger partial charge on any atom is -0.494 e. The Morgan fingerprint density at radius 3 is 2.52 bits per heavy atom. The van der Waals surface area contributed by atoms with Crippen LogP contribution in [-0.2, 0) is 23.0 Å². The van der Waals surface area contributed by atoms with E-state index >= 15 is 0 Å². The number of sulfonamides is 1. The maximum absolute atomic E-state index is 14.0. The number of aryl methyl sites for hydroxylation is 1. The van der Waals surface area contributed by atoms with Gasteiger partial charge < -0.3 is 13.7 Å². The molecule has 0 atom stereocenters. The third kappa shape index (κ3) is 3.71. The van der Waals surface area contributed by atoms with Crippen molar-refractivity contribution in [2.45, 2.75) is 45.6 Å². The third-order valence-corrected chi connectivity index (χ3v) is 6.30. The van der Waals surface area contributed by atoms with Crippen LogP contribution in [0.4, 0.5) is 10.1 Å². The number of hydrogen-bond donors (Lipinski definition) is 1. The van der Waals surface area contributed by atoms with E-state index in [1.54, 1.807) is 13.8 Å². The molecule has 0 radical (unpaired) electrons. The number of nitrogens with zero attached hydrogens (tertiary/aromatic N) is 3. The van der Waals surface area contributed by atoms with Gasteiger partial charge in [-0.1, -0.05) is 6.92 Å². The van der Waals surface area contributed by atoms with Gasteiger partial charge in [0, 0.05) is 30.3 Å². The summed E-state index contributed by atoms with van der Waals surface area (Å²) >= 11 is 0. The molecule has 2 aromatic heterocycles. The minimum absolute atomic E-state index is 0.0304. The van der Waals surface area contributed by atoms with Crippen LogP contribution in [0.15, 0.2) is 27.5 Å². The first kappa shape index (κ1) is 20.8. The fourth-order valence-corrected chi connectivity index (χ4v) is 4.91. The van der Waals surface area contributed by atoms with E-state index < -0.39 is 15.8 Å². The van der Waals surface area contributed by atoms with Crippen LogP contribution in [0.25, 0.3) is 11.6 Å². The monoisotopic (exact) mass is 422 g/mol. The zero-order valence-corrected chi connectivity index (χ0v) is 17.7. The number of rotatable bonds is 7. The van der Waals surface area contributed by atoms with E-state index in [0.29, 0.717) is 35.8 Å². The number of anilines is 1. The van der Waals surface area contributed by atoms with Gasteiger partial charge in [-0.2, -0.15) is 0 Å². The highest BCUT2D eigenvalue weighted by Crippen LogP contribution is 2.34. The molecular weight excluding hydrogens is 399 g/mol. The number of halogens is 1. The Balaban J connectivity index is 2.09. The topological polar surface area (TPSA) is 99.3 Å². The summed E-state index contributed by atoms with van der Waals surface area (Å²) < 4.78 is 55.0. The number of aromatic nitrogens is 3. The molecule has 0 aliphatic heterocycles. The maximum atomic E-state index is 14.0. The summed E-state index contributed by atoms with van der Waals surface area (Å²) in [4.78, 5) is 0.0989. The molecule has 156 valence electrons. The van der Waals surface area contributed by atoms with E-state index in [2.05, 4.69) is 14.9 Å². The number of benzene rings is 1. The lowest BCUT2D eigenvalue weighted by atomic mass is 10.2. The van der Waals surface area contributed by atoms with Gasteiger partial charge in [0.25, 0.3) is 15.9 Å². The Kier molecular flexibility index (Phi) is 5.65. The summed E-state index contributed by atoms with van der Waals surface area (Å²) in [5, 5.41) is 8.04. The molecule has 0 saturated carbocycles. The lowest BCUT2D eigenvalue weighted by Gasteiger charge is -2.11. The molecule has 10 heteroatoms. The molecule has 1 aromatic carbocycles. The van der Waals surface area contributed by atoms with E-state index in [-0.39, 0.29) is 22.2 Å². The molecule has 0 fully saturated rings. The first-order valence-electron chi connectivity index (χ1n) is 9.12. The third-order valence-electron chi connectivity index (χ3n) is 4.66. The second-order valence-electron chi connectivity index (χ2n) is 6.44. The van der Waals surface area contributed by atoms with Crippen molar-refractivity contribution in [3.63, 3.8) is 0 Å². The predicted octanol–water partition coefficient (Wildman–Crippen LogP) is 3.69. The van der Waals surface area contributed by atoms with Gasteiger partial charge in [0.15, 0.2) is 11.6 Å². The molecular formula is C19H23FN4O4S. The number of methoxy groups -OCH3 is 1. The largest absolute Gasteiger partial charge is 0.494 e. The Hall–Kier alpha value is -2.88. The van der Waals surface area contributed by atoms with Gasteiger partial charge in [-0.05, 0) is 32.9 Å². The zero-order chi connectivity index (χ0) is 21.3.